The van der Waals surface area contributed by atoms with E-state index in [2.05, 4.69) is 15.7 Å². The van der Waals surface area contributed by atoms with Crippen molar-refractivity contribution in [1.29, 1.82) is 5.26 Å². The molecule has 41 heavy (non-hydrogen) atoms. The standard InChI is InChI=1S/C31H28F3N5O2/c32-31(33,34)28-18-27(39(38-28)25-11-4-6-20(16-25)19-35)30(41)37-24-10-5-9-22(17-24)29(21-7-2-1-3-8-21)36-23-12-14-26(40)15-13-23/h1-11,16-18,23,26,29,36,40H,12-15H2,(H,37,41)/t23-,26-,29?. The number of aliphatic hydroxyl groups excluding tert-OH is 1. The largest absolute Gasteiger partial charge is 0.435 e. The van der Waals surface area contributed by atoms with Gasteiger partial charge in [0.1, 0.15) is 5.69 Å². The number of amides is 1. The highest BCUT2D eigenvalue weighted by molar-refractivity contribution is 6.03. The maximum Gasteiger partial charge on any atom is 0.435 e. The second-order valence-electron chi connectivity index (χ2n) is 10.1. The summed E-state index contributed by atoms with van der Waals surface area (Å²) in [5, 5.41) is 29.2. The van der Waals surface area contributed by atoms with Crippen LogP contribution in [0.4, 0.5) is 18.9 Å². The summed E-state index contributed by atoms with van der Waals surface area (Å²) in [6.07, 6.45) is -1.94. The summed E-state index contributed by atoms with van der Waals surface area (Å²) >= 11 is 0. The van der Waals surface area contributed by atoms with E-state index in [0.717, 1.165) is 41.5 Å². The number of hydrogen-bond acceptors (Lipinski definition) is 5. The van der Waals surface area contributed by atoms with Crippen LogP contribution in [0, 0.1) is 11.3 Å². The molecule has 4 aromatic rings. The number of carbonyl (C=O) groups excluding carboxylic acids is 1. The number of anilines is 1. The van der Waals surface area contributed by atoms with Crippen molar-refractivity contribution in [1.82, 2.24) is 15.1 Å². The van der Waals surface area contributed by atoms with Gasteiger partial charge in [0.15, 0.2) is 5.69 Å². The molecular formula is C31H28F3N5O2. The average molecular weight is 560 g/mol. The molecule has 1 aliphatic rings. The van der Waals surface area contributed by atoms with Crippen LogP contribution in [0.25, 0.3) is 5.69 Å². The first kappa shape index (κ1) is 28.1. The van der Waals surface area contributed by atoms with Crippen molar-refractivity contribution in [3.8, 4) is 11.8 Å². The monoisotopic (exact) mass is 559 g/mol. The first-order valence-electron chi connectivity index (χ1n) is 13.3. The quantitative estimate of drug-likeness (QED) is 0.258. The minimum atomic E-state index is -4.77. The van der Waals surface area contributed by atoms with Crippen LogP contribution in [0.2, 0.25) is 0 Å². The van der Waals surface area contributed by atoms with E-state index in [1.165, 1.54) is 24.3 Å². The molecule has 1 heterocycles. The molecule has 5 rings (SSSR count). The van der Waals surface area contributed by atoms with Crippen molar-refractivity contribution in [3.05, 3.63) is 113 Å². The summed E-state index contributed by atoms with van der Waals surface area (Å²) in [6.45, 7) is 0. The first-order valence-corrected chi connectivity index (χ1v) is 13.3. The third kappa shape index (κ3) is 6.65. The lowest BCUT2D eigenvalue weighted by Crippen LogP contribution is -2.37. The molecule has 0 spiro atoms. The Morgan fingerprint density at radius 1 is 0.951 bits per heavy atom. The number of nitriles is 1. The highest BCUT2D eigenvalue weighted by Gasteiger charge is 2.36. The summed E-state index contributed by atoms with van der Waals surface area (Å²) in [4.78, 5) is 13.4. The second kappa shape index (κ2) is 12.0. The predicted molar refractivity (Wildman–Crippen MR) is 147 cm³/mol. The van der Waals surface area contributed by atoms with Gasteiger partial charge in [-0.15, -0.1) is 0 Å². The molecule has 1 saturated carbocycles. The van der Waals surface area contributed by atoms with Crippen LogP contribution in [-0.4, -0.2) is 32.9 Å². The Hall–Kier alpha value is -4.46. The highest BCUT2D eigenvalue weighted by Crippen LogP contribution is 2.31. The zero-order valence-corrected chi connectivity index (χ0v) is 22.0. The highest BCUT2D eigenvalue weighted by atomic mass is 19.4. The summed E-state index contributed by atoms with van der Waals surface area (Å²) in [6, 6.07) is 25.5. The third-order valence-corrected chi connectivity index (χ3v) is 7.16. The van der Waals surface area contributed by atoms with E-state index in [0.29, 0.717) is 11.8 Å². The molecule has 1 aliphatic carbocycles. The summed E-state index contributed by atoms with van der Waals surface area (Å²) in [7, 11) is 0. The zero-order valence-electron chi connectivity index (χ0n) is 22.0. The van der Waals surface area contributed by atoms with Gasteiger partial charge >= 0.3 is 6.18 Å². The van der Waals surface area contributed by atoms with E-state index in [9.17, 15) is 28.3 Å². The molecule has 3 aromatic carbocycles. The minimum absolute atomic E-state index is 0.157. The van der Waals surface area contributed by atoms with Crippen molar-refractivity contribution >= 4 is 11.6 Å². The molecule has 1 amide bonds. The van der Waals surface area contributed by atoms with Crippen molar-refractivity contribution in [2.24, 2.45) is 0 Å². The van der Waals surface area contributed by atoms with Crippen molar-refractivity contribution in [3.63, 3.8) is 0 Å². The maximum absolute atomic E-state index is 13.6. The normalized spacial score (nSPS) is 17.9. The lowest BCUT2D eigenvalue weighted by atomic mass is 9.90. The molecule has 0 aliphatic heterocycles. The summed E-state index contributed by atoms with van der Waals surface area (Å²) in [5.41, 5.74) is 1.13. The lowest BCUT2D eigenvalue weighted by Gasteiger charge is -2.31. The SMILES string of the molecule is N#Cc1cccc(-n2nc(C(F)(F)F)cc2C(=O)Nc2cccc(C(N[C@H]3CC[C@H](O)CC3)c3ccccc3)c2)c1. The van der Waals surface area contributed by atoms with Crippen molar-refractivity contribution in [2.75, 3.05) is 5.32 Å². The zero-order chi connectivity index (χ0) is 29.0. The van der Waals surface area contributed by atoms with E-state index >= 15 is 0 Å². The van der Waals surface area contributed by atoms with Gasteiger partial charge in [-0.05, 0) is 67.1 Å². The van der Waals surface area contributed by atoms with Gasteiger partial charge in [0.05, 0.1) is 29.5 Å². The van der Waals surface area contributed by atoms with E-state index in [1.54, 1.807) is 18.2 Å². The van der Waals surface area contributed by atoms with Gasteiger partial charge in [-0.2, -0.15) is 23.5 Å². The molecule has 0 radical (unpaired) electrons. The van der Waals surface area contributed by atoms with Crippen LogP contribution in [0.1, 0.15) is 64.6 Å². The van der Waals surface area contributed by atoms with Gasteiger partial charge in [0.2, 0.25) is 0 Å². The molecule has 1 atom stereocenters. The summed E-state index contributed by atoms with van der Waals surface area (Å²) < 4.78 is 41.6. The smallest absolute Gasteiger partial charge is 0.393 e. The maximum atomic E-state index is 13.6. The molecule has 0 saturated heterocycles. The van der Waals surface area contributed by atoms with Gasteiger partial charge in [-0.3, -0.25) is 4.79 Å². The number of alkyl halides is 3. The van der Waals surface area contributed by atoms with Crippen LogP contribution < -0.4 is 10.6 Å². The predicted octanol–water partition coefficient (Wildman–Crippen LogP) is 6.00. The van der Waals surface area contributed by atoms with E-state index in [1.807, 2.05) is 42.5 Å². The molecule has 210 valence electrons. The number of carbonyl (C=O) groups is 1. The molecule has 7 nitrogen and oxygen atoms in total. The van der Waals surface area contributed by atoms with Crippen molar-refractivity contribution < 1.29 is 23.1 Å². The minimum Gasteiger partial charge on any atom is -0.393 e. The fraction of sp³-hybridized carbons (Fsp3) is 0.258. The molecule has 3 N–H and O–H groups in total. The van der Waals surface area contributed by atoms with E-state index < -0.39 is 17.8 Å². The number of rotatable bonds is 7. The second-order valence-corrected chi connectivity index (χ2v) is 10.1. The molecule has 1 aromatic heterocycles. The Balaban J connectivity index is 1.45. The number of benzene rings is 3. The van der Waals surface area contributed by atoms with Crippen molar-refractivity contribution in [2.45, 2.75) is 50.0 Å². The fourth-order valence-electron chi connectivity index (χ4n) is 5.09. The number of hydrogen-bond donors (Lipinski definition) is 3. The average Bonchev–Trinajstić information content (AvgIpc) is 3.44. The number of nitrogens with one attached hydrogen (secondary N) is 2. The van der Waals surface area contributed by atoms with Gasteiger partial charge < -0.3 is 15.7 Å². The van der Waals surface area contributed by atoms with Crippen LogP contribution in [0.15, 0.2) is 84.9 Å². The van der Waals surface area contributed by atoms with Gasteiger partial charge in [0, 0.05) is 17.8 Å². The Morgan fingerprint density at radius 3 is 2.37 bits per heavy atom. The molecule has 1 unspecified atom stereocenters. The Kier molecular flexibility index (Phi) is 8.19. The van der Waals surface area contributed by atoms with Crippen LogP contribution in [-0.2, 0) is 6.18 Å². The lowest BCUT2D eigenvalue weighted by molar-refractivity contribution is -0.141. The number of aliphatic hydroxyl groups is 1. The topological polar surface area (TPSA) is 103 Å². The first-order chi connectivity index (χ1) is 19.7. The molecule has 1 fully saturated rings. The van der Waals surface area contributed by atoms with Gasteiger partial charge in [-0.25, -0.2) is 4.68 Å². The Bertz CT molecular complexity index is 1550. The molecule has 0 bridgehead atoms. The number of halogens is 3. The fourth-order valence-corrected chi connectivity index (χ4v) is 5.09. The summed E-state index contributed by atoms with van der Waals surface area (Å²) in [5.74, 6) is -0.780. The Labute approximate surface area is 235 Å². The van der Waals surface area contributed by atoms with E-state index in [-0.39, 0.29) is 35.1 Å². The third-order valence-electron chi connectivity index (χ3n) is 7.16. The Morgan fingerprint density at radius 2 is 1.66 bits per heavy atom. The van der Waals surface area contributed by atoms with Crippen LogP contribution in [0.5, 0.6) is 0 Å². The van der Waals surface area contributed by atoms with Crippen LogP contribution >= 0.6 is 0 Å². The molecule has 10 heteroatoms. The van der Waals surface area contributed by atoms with E-state index in [4.69, 9.17) is 0 Å². The van der Waals surface area contributed by atoms with Gasteiger partial charge in [0.25, 0.3) is 5.91 Å². The molecular weight excluding hydrogens is 531 g/mol. The number of nitrogens with zero attached hydrogens (tertiary/aromatic N) is 3. The van der Waals surface area contributed by atoms with Crippen LogP contribution in [0.3, 0.4) is 0 Å². The number of aromatic nitrogens is 2. The van der Waals surface area contributed by atoms with Gasteiger partial charge in [-0.1, -0.05) is 48.5 Å².